The highest BCUT2D eigenvalue weighted by Gasteiger charge is 2.24. The molecule has 0 aromatic heterocycles. The summed E-state index contributed by atoms with van der Waals surface area (Å²) in [4.78, 5) is 16.5. The van der Waals surface area contributed by atoms with Crippen LogP contribution in [0.2, 0.25) is 0 Å². The number of carbonyl (C=O) groups is 1. The number of rotatable bonds is 6. The van der Waals surface area contributed by atoms with E-state index in [-0.39, 0.29) is 11.3 Å². The molecule has 1 heterocycles. The molecule has 1 fully saturated rings. The summed E-state index contributed by atoms with van der Waals surface area (Å²) in [5, 5.41) is 10.8. The Balaban J connectivity index is 1.67. The van der Waals surface area contributed by atoms with Gasteiger partial charge in [-0.25, -0.2) is 13.2 Å². The molecule has 3 aromatic carbocycles. The Morgan fingerprint density at radius 3 is 2.63 bits per heavy atom. The number of ether oxygens (including phenoxy) is 1. The fourth-order valence-electron chi connectivity index (χ4n) is 4.32. The predicted octanol–water partition coefficient (Wildman–Crippen LogP) is 3.95. The van der Waals surface area contributed by atoms with Gasteiger partial charge in [0.15, 0.2) is 0 Å². The van der Waals surface area contributed by atoms with Crippen LogP contribution in [0.4, 0.5) is 4.79 Å². The molecule has 0 unspecified atom stereocenters. The van der Waals surface area contributed by atoms with E-state index in [2.05, 4.69) is 23.2 Å². The van der Waals surface area contributed by atoms with Crippen LogP contribution in [0.1, 0.15) is 36.5 Å². The van der Waals surface area contributed by atoms with Gasteiger partial charge >= 0.3 is 6.03 Å². The van der Waals surface area contributed by atoms with Crippen LogP contribution < -0.4 is 15.0 Å². The zero-order valence-corrected chi connectivity index (χ0v) is 20.6. The van der Waals surface area contributed by atoms with E-state index in [4.69, 9.17) is 4.74 Å². The Kier molecular flexibility index (Phi) is 7.24. The molecule has 1 aliphatic rings. The molecular weight excluding hydrogens is 464 g/mol. The third kappa shape index (κ3) is 5.56. The zero-order chi connectivity index (χ0) is 25.0. The minimum atomic E-state index is -4.08. The van der Waals surface area contributed by atoms with Crippen molar-refractivity contribution in [3.63, 3.8) is 0 Å². The molecule has 0 atom stereocenters. The topological polar surface area (TPSA) is 112 Å². The average molecular weight is 493 g/mol. The third-order valence-corrected chi connectivity index (χ3v) is 7.72. The Morgan fingerprint density at radius 2 is 1.91 bits per heavy atom. The number of piperidine rings is 1. The third-order valence-electron chi connectivity index (χ3n) is 6.39. The summed E-state index contributed by atoms with van der Waals surface area (Å²) in [5.41, 5.74) is 4.23. The number of urea groups is 1. The Labute approximate surface area is 205 Å². The lowest BCUT2D eigenvalue weighted by Gasteiger charge is -2.30. The monoisotopic (exact) mass is 492 g/mol. The quantitative estimate of drug-likeness (QED) is 0.506. The number of amides is 2. The largest absolute Gasteiger partial charge is 0.497 e. The van der Waals surface area contributed by atoms with Crippen molar-refractivity contribution in [2.24, 2.45) is 5.92 Å². The number of hydrogen-bond acceptors (Lipinski definition) is 5. The minimum absolute atomic E-state index is 0.0603. The van der Waals surface area contributed by atoms with Gasteiger partial charge in [0, 0.05) is 13.1 Å². The first-order valence-electron chi connectivity index (χ1n) is 11.5. The first-order chi connectivity index (χ1) is 16.8. The number of nitrogens with one attached hydrogen (secondary N) is 2. The molecule has 0 radical (unpaired) electrons. The van der Waals surface area contributed by atoms with Crippen molar-refractivity contribution in [1.29, 1.82) is 5.26 Å². The van der Waals surface area contributed by atoms with Crippen LogP contribution in [0.3, 0.4) is 0 Å². The van der Waals surface area contributed by atoms with E-state index >= 15 is 0 Å². The molecule has 182 valence electrons. The molecule has 0 bridgehead atoms. The molecule has 9 heteroatoms. The maximum Gasteiger partial charge on any atom is 0.332 e. The highest BCUT2D eigenvalue weighted by atomic mass is 32.2. The fraction of sp³-hybridized carbons (Fsp3) is 0.308. The SMILES string of the molecule is COc1ccc2c(Cc3cccc(C#N)c3)c(S(=O)(=O)NNC(=O)N3CCC(C)CC3)ccc2c1. The van der Waals surface area contributed by atoms with Crippen molar-refractivity contribution in [1.82, 2.24) is 15.2 Å². The first kappa shape index (κ1) is 24.5. The van der Waals surface area contributed by atoms with Crippen LogP contribution >= 0.6 is 0 Å². The summed E-state index contributed by atoms with van der Waals surface area (Å²) >= 11 is 0. The molecule has 0 aliphatic carbocycles. The standard InChI is InChI=1S/C26H28N4O4S/c1-18-10-12-30(13-11-18)26(31)28-29-35(32,33)25-9-6-21-16-22(34-2)7-8-23(21)24(25)15-19-4-3-5-20(14-19)17-27/h3-9,14,16,18,29H,10-13,15H2,1-2H3,(H,28,31). The van der Waals surface area contributed by atoms with Crippen molar-refractivity contribution in [3.05, 3.63) is 71.3 Å². The Hall–Kier alpha value is -3.61. The van der Waals surface area contributed by atoms with Crippen molar-refractivity contribution >= 4 is 26.8 Å². The molecule has 3 aromatic rings. The van der Waals surface area contributed by atoms with Crippen molar-refractivity contribution < 1.29 is 17.9 Å². The number of carbonyl (C=O) groups excluding carboxylic acids is 1. The van der Waals surface area contributed by atoms with Gasteiger partial charge in [0.25, 0.3) is 10.0 Å². The van der Waals surface area contributed by atoms with E-state index in [0.717, 1.165) is 29.2 Å². The number of sulfonamides is 1. The smallest absolute Gasteiger partial charge is 0.332 e. The van der Waals surface area contributed by atoms with E-state index < -0.39 is 16.1 Å². The van der Waals surface area contributed by atoms with Gasteiger partial charge < -0.3 is 9.64 Å². The second-order valence-electron chi connectivity index (χ2n) is 8.82. The summed E-state index contributed by atoms with van der Waals surface area (Å²) in [7, 11) is -2.51. The van der Waals surface area contributed by atoms with Gasteiger partial charge in [0.2, 0.25) is 0 Å². The van der Waals surface area contributed by atoms with E-state index in [1.165, 1.54) is 6.07 Å². The second kappa shape index (κ2) is 10.3. The first-order valence-corrected chi connectivity index (χ1v) is 12.9. The highest BCUT2D eigenvalue weighted by molar-refractivity contribution is 7.89. The van der Waals surface area contributed by atoms with Crippen LogP contribution in [0, 0.1) is 17.2 Å². The number of nitriles is 1. The van der Waals surface area contributed by atoms with Crippen molar-refractivity contribution in [3.8, 4) is 11.8 Å². The van der Waals surface area contributed by atoms with E-state index in [0.29, 0.717) is 35.9 Å². The molecule has 8 nitrogen and oxygen atoms in total. The maximum atomic E-state index is 13.4. The molecule has 2 amide bonds. The maximum absolute atomic E-state index is 13.4. The highest BCUT2D eigenvalue weighted by Crippen LogP contribution is 2.31. The summed E-state index contributed by atoms with van der Waals surface area (Å²) in [6, 6.07) is 17.4. The summed E-state index contributed by atoms with van der Waals surface area (Å²) in [5.74, 6) is 1.21. The fourth-order valence-corrected chi connectivity index (χ4v) is 5.41. The summed E-state index contributed by atoms with van der Waals surface area (Å²) < 4.78 is 32.0. The Bertz CT molecular complexity index is 1390. The van der Waals surface area contributed by atoms with Gasteiger partial charge in [-0.3, -0.25) is 5.43 Å². The van der Waals surface area contributed by atoms with Gasteiger partial charge in [-0.2, -0.15) is 5.26 Å². The van der Waals surface area contributed by atoms with Crippen LogP contribution in [0.25, 0.3) is 10.8 Å². The number of methoxy groups -OCH3 is 1. The van der Waals surface area contributed by atoms with E-state index in [1.807, 2.05) is 18.2 Å². The molecule has 1 saturated heterocycles. The lowest BCUT2D eigenvalue weighted by atomic mass is 9.97. The lowest BCUT2D eigenvalue weighted by Crippen LogP contribution is -2.50. The molecule has 4 rings (SSSR count). The van der Waals surface area contributed by atoms with E-state index in [9.17, 15) is 18.5 Å². The van der Waals surface area contributed by atoms with Gasteiger partial charge in [-0.05, 0) is 77.4 Å². The normalized spacial score (nSPS) is 14.5. The predicted molar refractivity (Wildman–Crippen MR) is 133 cm³/mol. The van der Waals surface area contributed by atoms with Crippen LogP contribution in [-0.2, 0) is 16.4 Å². The average Bonchev–Trinajstić information content (AvgIpc) is 2.87. The molecule has 35 heavy (non-hydrogen) atoms. The lowest BCUT2D eigenvalue weighted by molar-refractivity contribution is 0.172. The van der Waals surface area contributed by atoms with Gasteiger partial charge in [-0.1, -0.05) is 31.2 Å². The number of hydrazine groups is 1. The number of fused-ring (bicyclic) bond motifs is 1. The van der Waals surface area contributed by atoms with Crippen LogP contribution in [-0.4, -0.2) is 39.5 Å². The second-order valence-corrected chi connectivity index (χ2v) is 10.5. The molecular formula is C26H28N4O4S. The van der Waals surface area contributed by atoms with Gasteiger partial charge in [-0.15, -0.1) is 4.83 Å². The molecule has 1 aliphatic heterocycles. The van der Waals surface area contributed by atoms with Crippen LogP contribution in [0.5, 0.6) is 5.75 Å². The molecule has 0 saturated carbocycles. The van der Waals surface area contributed by atoms with Gasteiger partial charge in [0.1, 0.15) is 5.75 Å². The minimum Gasteiger partial charge on any atom is -0.497 e. The molecule has 2 N–H and O–H groups in total. The number of hydrogen-bond donors (Lipinski definition) is 2. The number of benzene rings is 3. The van der Waals surface area contributed by atoms with Crippen molar-refractivity contribution in [2.75, 3.05) is 20.2 Å². The number of nitrogens with zero attached hydrogens (tertiary/aromatic N) is 2. The Morgan fingerprint density at radius 1 is 1.14 bits per heavy atom. The summed E-state index contributed by atoms with van der Waals surface area (Å²) in [6.07, 6.45) is 2.06. The van der Waals surface area contributed by atoms with E-state index in [1.54, 1.807) is 42.3 Å². The van der Waals surface area contributed by atoms with Crippen LogP contribution in [0.15, 0.2) is 59.5 Å². The zero-order valence-electron chi connectivity index (χ0n) is 19.7. The van der Waals surface area contributed by atoms with Crippen molar-refractivity contribution in [2.45, 2.75) is 31.1 Å². The number of likely N-dealkylation sites (tertiary alicyclic amines) is 1. The van der Waals surface area contributed by atoms with Gasteiger partial charge in [0.05, 0.1) is 23.6 Å². The molecule has 0 spiro atoms. The summed E-state index contributed by atoms with van der Waals surface area (Å²) in [6.45, 7) is 3.32.